The van der Waals surface area contributed by atoms with E-state index < -0.39 is 0 Å². The number of unbranched alkanes of at least 4 members (excludes halogenated alkanes) is 2. The van der Waals surface area contributed by atoms with Crippen LogP contribution in [0.4, 0.5) is 0 Å². The predicted octanol–water partition coefficient (Wildman–Crippen LogP) is 4.91. The standard InChI is InChI=1S/C17H28O/c1-2-3-4-5-14-6-8-15(9-7-14)16-10-12-17(18)13-11-16/h10,12,14-16H,2-9,11,13H2,1H3/t14-,15-,16?. The Morgan fingerprint density at radius 2 is 1.89 bits per heavy atom. The van der Waals surface area contributed by atoms with E-state index in [9.17, 15) is 4.79 Å². The van der Waals surface area contributed by atoms with E-state index in [1.165, 1.54) is 51.4 Å². The molecule has 2 rings (SSSR count). The quantitative estimate of drug-likeness (QED) is 0.632. The van der Waals surface area contributed by atoms with Gasteiger partial charge >= 0.3 is 0 Å². The zero-order valence-corrected chi connectivity index (χ0v) is 11.9. The third-order valence-corrected chi connectivity index (χ3v) is 4.97. The normalized spacial score (nSPS) is 32.7. The zero-order chi connectivity index (χ0) is 12.8. The third kappa shape index (κ3) is 3.96. The van der Waals surface area contributed by atoms with Crippen molar-refractivity contribution < 1.29 is 4.79 Å². The minimum atomic E-state index is 0.333. The molecule has 1 saturated carbocycles. The highest BCUT2D eigenvalue weighted by atomic mass is 16.1. The Morgan fingerprint density at radius 3 is 2.50 bits per heavy atom. The summed E-state index contributed by atoms with van der Waals surface area (Å²) < 4.78 is 0. The number of carbonyl (C=O) groups excluding carboxylic acids is 1. The van der Waals surface area contributed by atoms with E-state index in [4.69, 9.17) is 0 Å². The molecule has 1 nitrogen and oxygen atoms in total. The van der Waals surface area contributed by atoms with E-state index in [2.05, 4.69) is 13.0 Å². The van der Waals surface area contributed by atoms with Crippen LogP contribution in [0.2, 0.25) is 0 Å². The number of ketones is 1. The van der Waals surface area contributed by atoms with Gasteiger partial charge in [0.25, 0.3) is 0 Å². The molecule has 0 aromatic carbocycles. The first-order chi connectivity index (χ1) is 8.79. The average Bonchev–Trinajstić information content (AvgIpc) is 2.41. The largest absolute Gasteiger partial charge is 0.295 e. The average molecular weight is 248 g/mol. The van der Waals surface area contributed by atoms with E-state index in [-0.39, 0.29) is 0 Å². The van der Waals surface area contributed by atoms with Crippen molar-refractivity contribution in [3.05, 3.63) is 12.2 Å². The van der Waals surface area contributed by atoms with Crippen LogP contribution in [0.25, 0.3) is 0 Å². The summed E-state index contributed by atoms with van der Waals surface area (Å²) in [6.07, 6.45) is 17.3. The van der Waals surface area contributed by atoms with Crippen LogP contribution in [0.15, 0.2) is 12.2 Å². The first kappa shape index (κ1) is 13.8. The number of carbonyl (C=O) groups is 1. The van der Waals surface area contributed by atoms with Gasteiger partial charge in [-0.3, -0.25) is 4.79 Å². The lowest BCUT2D eigenvalue weighted by Gasteiger charge is -2.33. The van der Waals surface area contributed by atoms with Gasteiger partial charge in [0, 0.05) is 6.42 Å². The lowest BCUT2D eigenvalue weighted by atomic mass is 9.72. The number of hydrogen-bond donors (Lipinski definition) is 0. The van der Waals surface area contributed by atoms with Gasteiger partial charge in [-0.2, -0.15) is 0 Å². The molecule has 0 saturated heterocycles. The van der Waals surface area contributed by atoms with Crippen molar-refractivity contribution in [3.63, 3.8) is 0 Å². The summed E-state index contributed by atoms with van der Waals surface area (Å²) in [5.41, 5.74) is 0. The Hall–Kier alpha value is -0.590. The topological polar surface area (TPSA) is 17.1 Å². The van der Waals surface area contributed by atoms with E-state index in [1.807, 2.05) is 6.08 Å². The highest BCUT2D eigenvalue weighted by molar-refractivity contribution is 5.90. The summed E-state index contributed by atoms with van der Waals surface area (Å²) in [7, 11) is 0. The van der Waals surface area contributed by atoms with Gasteiger partial charge in [-0.15, -0.1) is 0 Å². The van der Waals surface area contributed by atoms with Gasteiger partial charge in [-0.1, -0.05) is 51.5 Å². The van der Waals surface area contributed by atoms with Gasteiger partial charge in [0.15, 0.2) is 5.78 Å². The first-order valence-electron chi connectivity index (χ1n) is 8.00. The van der Waals surface area contributed by atoms with Gasteiger partial charge in [0.05, 0.1) is 0 Å². The summed E-state index contributed by atoms with van der Waals surface area (Å²) in [5.74, 6) is 2.91. The summed E-state index contributed by atoms with van der Waals surface area (Å²) in [6, 6.07) is 0. The van der Waals surface area contributed by atoms with Crippen molar-refractivity contribution in [3.8, 4) is 0 Å². The second-order valence-electron chi connectivity index (χ2n) is 6.30. The maximum absolute atomic E-state index is 11.2. The van der Waals surface area contributed by atoms with Crippen molar-refractivity contribution in [1.29, 1.82) is 0 Å². The van der Waals surface area contributed by atoms with Gasteiger partial charge in [-0.25, -0.2) is 0 Å². The first-order valence-corrected chi connectivity index (χ1v) is 8.00. The molecule has 1 fully saturated rings. The minimum Gasteiger partial charge on any atom is -0.295 e. The molecule has 2 aliphatic rings. The fourth-order valence-corrected chi connectivity index (χ4v) is 3.70. The molecule has 102 valence electrons. The Balaban J connectivity index is 1.70. The maximum Gasteiger partial charge on any atom is 0.155 e. The number of rotatable bonds is 5. The maximum atomic E-state index is 11.2. The van der Waals surface area contributed by atoms with Crippen LogP contribution < -0.4 is 0 Å². The van der Waals surface area contributed by atoms with Crippen LogP contribution in [0.1, 0.15) is 71.1 Å². The Morgan fingerprint density at radius 1 is 1.11 bits per heavy atom. The molecule has 0 amide bonds. The molecule has 0 aromatic heterocycles. The van der Waals surface area contributed by atoms with Crippen molar-refractivity contribution in [2.45, 2.75) is 71.1 Å². The Bertz CT molecular complexity index is 284. The smallest absolute Gasteiger partial charge is 0.155 e. The van der Waals surface area contributed by atoms with Crippen molar-refractivity contribution in [1.82, 2.24) is 0 Å². The molecule has 1 atom stereocenters. The lowest BCUT2D eigenvalue weighted by molar-refractivity contribution is -0.115. The van der Waals surface area contributed by atoms with Gasteiger partial charge in [0.2, 0.25) is 0 Å². The molecule has 0 heterocycles. The SMILES string of the molecule is CCCCC[C@H]1CC[C@H](C2C=CC(=O)CC2)CC1. The van der Waals surface area contributed by atoms with Crippen LogP contribution in [0.5, 0.6) is 0 Å². The molecule has 0 spiro atoms. The molecular formula is C17H28O. The molecule has 2 aliphatic carbocycles. The fourth-order valence-electron chi connectivity index (χ4n) is 3.70. The lowest BCUT2D eigenvalue weighted by Crippen LogP contribution is -2.23. The van der Waals surface area contributed by atoms with E-state index >= 15 is 0 Å². The predicted molar refractivity (Wildman–Crippen MR) is 76.5 cm³/mol. The molecular weight excluding hydrogens is 220 g/mol. The van der Waals surface area contributed by atoms with Crippen LogP contribution in [-0.2, 0) is 4.79 Å². The molecule has 18 heavy (non-hydrogen) atoms. The Kier molecular flexibility index (Phi) is 5.46. The Labute approximate surface area is 112 Å². The van der Waals surface area contributed by atoms with Crippen molar-refractivity contribution in [2.75, 3.05) is 0 Å². The molecule has 0 bridgehead atoms. The summed E-state index contributed by atoms with van der Waals surface area (Å²) in [5, 5.41) is 0. The number of allylic oxidation sites excluding steroid dienone is 2. The molecule has 0 aromatic rings. The van der Waals surface area contributed by atoms with Crippen LogP contribution in [0.3, 0.4) is 0 Å². The van der Waals surface area contributed by atoms with Gasteiger partial charge < -0.3 is 0 Å². The second-order valence-corrected chi connectivity index (χ2v) is 6.30. The van der Waals surface area contributed by atoms with Gasteiger partial charge in [0.1, 0.15) is 0 Å². The van der Waals surface area contributed by atoms with E-state index in [1.54, 1.807) is 0 Å². The summed E-state index contributed by atoms with van der Waals surface area (Å²) in [6.45, 7) is 2.29. The van der Waals surface area contributed by atoms with Gasteiger partial charge in [-0.05, 0) is 43.1 Å². The highest BCUT2D eigenvalue weighted by Crippen LogP contribution is 2.38. The fraction of sp³-hybridized carbons (Fsp3) is 0.824. The summed E-state index contributed by atoms with van der Waals surface area (Å²) >= 11 is 0. The van der Waals surface area contributed by atoms with Crippen molar-refractivity contribution >= 4 is 5.78 Å². The van der Waals surface area contributed by atoms with E-state index in [0.717, 1.165) is 24.7 Å². The molecule has 0 radical (unpaired) electrons. The van der Waals surface area contributed by atoms with Crippen LogP contribution in [0, 0.1) is 17.8 Å². The van der Waals surface area contributed by atoms with Crippen molar-refractivity contribution in [2.24, 2.45) is 17.8 Å². The highest BCUT2D eigenvalue weighted by Gasteiger charge is 2.27. The zero-order valence-electron chi connectivity index (χ0n) is 11.9. The van der Waals surface area contributed by atoms with E-state index in [0.29, 0.717) is 11.7 Å². The second kappa shape index (κ2) is 7.11. The molecule has 1 heteroatoms. The number of hydrogen-bond acceptors (Lipinski definition) is 1. The molecule has 1 unspecified atom stereocenters. The third-order valence-electron chi connectivity index (χ3n) is 4.97. The minimum absolute atomic E-state index is 0.333. The van der Waals surface area contributed by atoms with Crippen LogP contribution in [-0.4, -0.2) is 5.78 Å². The molecule has 0 aliphatic heterocycles. The van der Waals surface area contributed by atoms with Crippen LogP contribution >= 0.6 is 0 Å². The molecule has 0 N–H and O–H groups in total. The monoisotopic (exact) mass is 248 g/mol. The summed E-state index contributed by atoms with van der Waals surface area (Å²) in [4.78, 5) is 11.2.